The lowest BCUT2D eigenvalue weighted by atomic mass is 9.76. The monoisotopic (exact) mass is 278 g/mol. The van der Waals surface area contributed by atoms with Crippen molar-refractivity contribution in [2.75, 3.05) is 19.6 Å². The van der Waals surface area contributed by atoms with Crippen LogP contribution in [0.15, 0.2) is 0 Å². The van der Waals surface area contributed by atoms with Crippen molar-refractivity contribution in [1.82, 2.24) is 10.2 Å². The normalized spacial score (nSPS) is 34.5. The molecule has 1 spiro atoms. The van der Waals surface area contributed by atoms with Crippen LogP contribution in [0.5, 0.6) is 0 Å². The smallest absolute Gasteiger partial charge is 0.0334 e. The Hall–Kier alpha value is -0.0800. The Morgan fingerprint density at radius 2 is 1.85 bits per heavy atom. The Morgan fingerprint density at radius 1 is 1.10 bits per heavy atom. The maximum absolute atomic E-state index is 4.03. The third kappa shape index (κ3) is 2.92. The first-order chi connectivity index (χ1) is 9.69. The van der Waals surface area contributed by atoms with Gasteiger partial charge in [-0.1, -0.05) is 39.0 Å². The molecule has 3 aliphatic rings. The van der Waals surface area contributed by atoms with E-state index in [4.69, 9.17) is 0 Å². The second-order valence-electron chi connectivity index (χ2n) is 7.95. The van der Waals surface area contributed by atoms with E-state index in [9.17, 15) is 0 Å². The third-order valence-electron chi connectivity index (χ3n) is 6.34. The van der Waals surface area contributed by atoms with Gasteiger partial charge in [-0.05, 0) is 51.5 Å². The van der Waals surface area contributed by atoms with Crippen molar-refractivity contribution in [1.29, 1.82) is 0 Å². The second-order valence-corrected chi connectivity index (χ2v) is 7.95. The van der Waals surface area contributed by atoms with Crippen molar-refractivity contribution in [2.45, 2.75) is 89.1 Å². The van der Waals surface area contributed by atoms with Crippen LogP contribution >= 0.6 is 0 Å². The van der Waals surface area contributed by atoms with Gasteiger partial charge >= 0.3 is 0 Å². The number of nitrogens with one attached hydrogen (secondary N) is 1. The van der Waals surface area contributed by atoms with Crippen molar-refractivity contribution in [3.05, 3.63) is 0 Å². The third-order valence-corrected chi connectivity index (χ3v) is 6.34. The number of hydrogen-bond donors (Lipinski definition) is 1. The first kappa shape index (κ1) is 14.8. The van der Waals surface area contributed by atoms with E-state index in [0.29, 0.717) is 11.1 Å². The standard InChI is InChI=1S/C18H34N2/c1-3-4-8-13-20-15-18(11-6-5-7-12-18)19-14-17(20,2)16-9-10-16/h16,19H,3-15H2,1-2H3. The van der Waals surface area contributed by atoms with Gasteiger partial charge in [0.2, 0.25) is 0 Å². The fraction of sp³-hybridized carbons (Fsp3) is 1.00. The molecule has 116 valence electrons. The lowest BCUT2D eigenvalue weighted by molar-refractivity contribution is -0.0126. The number of hydrogen-bond acceptors (Lipinski definition) is 2. The Morgan fingerprint density at radius 3 is 2.50 bits per heavy atom. The van der Waals surface area contributed by atoms with Crippen molar-refractivity contribution in [3.8, 4) is 0 Å². The topological polar surface area (TPSA) is 15.3 Å². The summed E-state index contributed by atoms with van der Waals surface area (Å²) in [5.41, 5.74) is 0.926. The molecular weight excluding hydrogens is 244 g/mol. The Balaban J connectivity index is 1.67. The van der Waals surface area contributed by atoms with E-state index in [0.717, 1.165) is 5.92 Å². The molecule has 1 heterocycles. The largest absolute Gasteiger partial charge is 0.308 e. The van der Waals surface area contributed by atoms with Gasteiger partial charge in [-0.25, -0.2) is 0 Å². The first-order valence-electron chi connectivity index (χ1n) is 9.19. The lowest BCUT2D eigenvalue weighted by Crippen LogP contribution is -2.70. The van der Waals surface area contributed by atoms with Crippen LogP contribution in [0.4, 0.5) is 0 Å². The van der Waals surface area contributed by atoms with Gasteiger partial charge in [-0.3, -0.25) is 4.90 Å². The van der Waals surface area contributed by atoms with Crippen LogP contribution in [0.3, 0.4) is 0 Å². The summed E-state index contributed by atoms with van der Waals surface area (Å²) in [6.07, 6.45) is 14.2. The number of rotatable bonds is 5. The predicted octanol–water partition coefficient (Wildman–Crippen LogP) is 3.95. The van der Waals surface area contributed by atoms with E-state index in [1.54, 1.807) is 0 Å². The van der Waals surface area contributed by atoms with E-state index in [-0.39, 0.29) is 0 Å². The quantitative estimate of drug-likeness (QED) is 0.766. The molecule has 1 unspecified atom stereocenters. The number of nitrogens with zero attached hydrogens (tertiary/aromatic N) is 1. The van der Waals surface area contributed by atoms with E-state index in [1.807, 2.05) is 0 Å². The summed E-state index contributed by atoms with van der Waals surface area (Å²) in [7, 11) is 0. The zero-order chi connectivity index (χ0) is 14.1. The van der Waals surface area contributed by atoms with Gasteiger partial charge in [0, 0.05) is 24.2 Å². The number of piperazine rings is 1. The maximum Gasteiger partial charge on any atom is 0.0334 e. The molecule has 2 heteroatoms. The van der Waals surface area contributed by atoms with Crippen LogP contribution < -0.4 is 5.32 Å². The van der Waals surface area contributed by atoms with Crippen LogP contribution in [0, 0.1) is 5.92 Å². The predicted molar refractivity (Wildman–Crippen MR) is 86.0 cm³/mol. The Labute approximate surface area is 125 Å². The second kappa shape index (κ2) is 5.96. The van der Waals surface area contributed by atoms with Crippen LogP contribution in [0.25, 0.3) is 0 Å². The van der Waals surface area contributed by atoms with Crippen LogP contribution in [-0.2, 0) is 0 Å². The van der Waals surface area contributed by atoms with Gasteiger partial charge in [-0.15, -0.1) is 0 Å². The van der Waals surface area contributed by atoms with Gasteiger partial charge in [0.05, 0.1) is 0 Å². The highest BCUT2D eigenvalue weighted by molar-refractivity contribution is 5.09. The minimum Gasteiger partial charge on any atom is -0.308 e. The fourth-order valence-corrected chi connectivity index (χ4v) is 4.64. The lowest BCUT2D eigenvalue weighted by Gasteiger charge is -2.55. The summed E-state index contributed by atoms with van der Waals surface area (Å²) >= 11 is 0. The molecule has 2 nitrogen and oxygen atoms in total. The highest BCUT2D eigenvalue weighted by Gasteiger charge is 2.51. The molecule has 0 aromatic carbocycles. The molecule has 1 atom stereocenters. The molecule has 2 aliphatic carbocycles. The minimum absolute atomic E-state index is 0.455. The summed E-state index contributed by atoms with van der Waals surface area (Å²) in [6.45, 7) is 8.76. The van der Waals surface area contributed by atoms with Crippen molar-refractivity contribution in [3.63, 3.8) is 0 Å². The van der Waals surface area contributed by atoms with Gasteiger partial charge < -0.3 is 5.32 Å². The molecule has 0 aromatic heterocycles. The summed E-state index contributed by atoms with van der Waals surface area (Å²) in [5.74, 6) is 0.970. The van der Waals surface area contributed by atoms with Gasteiger partial charge in [0.15, 0.2) is 0 Å². The molecular formula is C18H34N2. The average Bonchev–Trinajstić information content (AvgIpc) is 3.29. The van der Waals surface area contributed by atoms with Crippen LogP contribution in [0.2, 0.25) is 0 Å². The maximum atomic E-state index is 4.03. The highest BCUT2D eigenvalue weighted by atomic mass is 15.3. The molecule has 0 radical (unpaired) electrons. The van der Waals surface area contributed by atoms with Gasteiger partial charge in [0.1, 0.15) is 0 Å². The number of unbranched alkanes of at least 4 members (excludes halogenated alkanes) is 2. The van der Waals surface area contributed by atoms with Gasteiger partial charge in [-0.2, -0.15) is 0 Å². The van der Waals surface area contributed by atoms with E-state index in [1.165, 1.54) is 83.8 Å². The van der Waals surface area contributed by atoms with Crippen molar-refractivity contribution < 1.29 is 0 Å². The zero-order valence-corrected chi connectivity index (χ0v) is 13.7. The summed E-state index contributed by atoms with van der Waals surface area (Å²) in [6, 6.07) is 0. The van der Waals surface area contributed by atoms with Crippen LogP contribution in [-0.4, -0.2) is 35.6 Å². The SMILES string of the molecule is CCCCCN1CC2(CCCCC2)NCC1(C)C1CC1. The van der Waals surface area contributed by atoms with Crippen molar-refractivity contribution >= 4 is 0 Å². The van der Waals surface area contributed by atoms with E-state index in [2.05, 4.69) is 24.1 Å². The molecule has 20 heavy (non-hydrogen) atoms. The Kier molecular flexibility index (Phi) is 4.42. The molecule has 0 amide bonds. The average molecular weight is 278 g/mol. The van der Waals surface area contributed by atoms with E-state index < -0.39 is 0 Å². The Bertz CT molecular complexity index is 317. The molecule has 2 saturated carbocycles. The zero-order valence-electron chi connectivity index (χ0n) is 13.7. The van der Waals surface area contributed by atoms with Crippen LogP contribution in [0.1, 0.15) is 78.1 Å². The first-order valence-corrected chi connectivity index (χ1v) is 9.19. The van der Waals surface area contributed by atoms with Gasteiger partial charge in [0.25, 0.3) is 0 Å². The minimum atomic E-state index is 0.455. The molecule has 0 aromatic rings. The summed E-state index contributed by atoms with van der Waals surface area (Å²) < 4.78 is 0. The summed E-state index contributed by atoms with van der Waals surface area (Å²) in [5, 5.41) is 4.03. The van der Waals surface area contributed by atoms with Crippen molar-refractivity contribution in [2.24, 2.45) is 5.92 Å². The fourth-order valence-electron chi connectivity index (χ4n) is 4.64. The molecule has 1 aliphatic heterocycles. The molecule has 1 saturated heterocycles. The molecule has 3 fully saturated rings. The highest BCUT2D eigenvalue weighted by Crippen LogP contribution is 2.46. The molecule has 1 N–H and O–H groups in total. The molecule has 0 bridgehead atoms. The molecule has 3 rings (SSSR count). The van der Waals surface area contributed by atoms with E-state index >= 15 is 0 Å². The summed E-state index contributed by atoms with van der Waals surface area (Å²) in [4.78, 5) is 2.90.